The van der Waals surface area contributed by atoms with Crippen LogP contribution in [0.3, 0.4) is 0 Å². The number of hydrogen-bond donors (Lipinski definition) is 2. The lowest BCUT2D eigenvalue weighted by Crippen LogP contribution is -2.40. The molecule has 0 saturated carbocycles. The molecular weight excluding hydrogens is 326 g/mol. The molecule has 136 valence electrons. The van der Waals surface area contributed by atoms with Crippen LogP contribution in [0.5, 0.6) is 0 Å². The standard InChI is InChI=1S/C17H29N3O3S/c1-5-6-7-15(12-18)19-17(21)14-8-10-16(11-9-14)24(22,23)20(4)13(2)3/h8-11,13,15H,5-7,12,18H2,1-4H3,(H,19,21). The summed E-state index contributed by atoms with van der Waals surface area (Å²) in [7, 11) is -2.00. The molecule has 0 spiro atoms. The second kappa shape index (κ2) is 9.15. The average Bonchev–Trinajstić information content (AvgIpc) is 2.57. The van der Waals surface area contributed by atoms with Crippen molar-refractivity contribution in [2.45, 2.75) is 57.0 Å². The van der Waals surface area contributed by atoms with Crippen LogP contribution in [0.15, 0.2) is 29.2 Å². The van der Waals surface area contributed by atoms with Gasteiger partial charge in [-0.05, 0) is 44.5 Å². The molecule has 0 saturated heterocycles. The lowest BCUT2D eigenvalue weighted by atomic mass is 10.1. The highest BCUT2D eigenvalue weighted by Gasteiger charge is 2.23. The third-order valence-electron chi connectivity index (χ3n) is 4.05. The molecule has 0 aliphatic carbocycles. The van der Waals surface area contributed by atoms with E-state index in [-0.39, 0.29) is 22.9 Å². The minimum Gasteiger partial charge on any atom is -0.348 e. The van der Waals surface area contributed by atoms with Crippen molar-refractivity contribution in [3.63, 3.8) is 0 Å². The number of nitrogens with two attached hydrogens (primary N) is 1. The zero-order valence-corrected chi connectivity index (χ0v) is 15.8. The normalized spacial score (nSPS) is 13.3. The number of sulfonamides is 1. The molecule has 1 rings (SSSR count). The first-order valence-electron chi connectivity index (χ1n) is 8.33. The molecule has 6 nitrogen and oxygen atoms in total. The van der Waals surface area contributed by atoms with Crippen LogP contribution in [0.25, 0.3) is 0 Å². The summed E-state index contributed by atoms with van der Waals surface area (Å²) in [6.07, 6.45) is 2.88. The lowest BCUT2D eigenvalue weighted by molar-refractivity contribution is 0.0935. The fraction of sp³-hybridized carbons (Fsp3) is 0.588. The predicted octanol–water partition coefficient (Wildman–Crippen LogP) is 1.96. The third-order valence-corrected chi connectivity index (χ3v) is 6.09. The Morgan fingerprint density at radius 1 is 1.25 bits per heavy atom. The minimum absolute atomic E-state index is 0.0621. The minimum atomic E-state index is -3.54. The second-order valence-corrected chi connectivity index (χ2v) is 8.19. The summed E-state index contributed by atoms with van der Waals surface area (Å²) in [6.45, 7) is 6.09. The van der Waals surface area contributed by atoms with Gasteiger partial charge in [0.25, 0.3) is 5.91 Å². The molecule has 7 heteroatoms. The van der Waals surface area contributed by atoms with E-state index in [0.717, 1.165) is 19.3 Å². The summed E-state index contributed by atoms with van der Waals surface area (Å²) in [6, 6.07) is 5.79. The van der Waals surface area contributed by atoms with E-state index in [1.807, 2.05) is 13.8 Å². The van der Waals surface area contributed by atoms with Crippen molar-refractivity contribution in [1.82, 2.24) is 9.62 Å². The number of rotatable bonds is 9. The molecule has 1 atom stereocenters. The van der Waals surface area contributed by atoms with Crippen molar-refractivity contribution in [3.05, 3.63) is 29.8 Å². The number of nitrogens with zero attached hydrogens (tertiary/aromatic N) is 1. The maximum absolute atomic E-state index is 12.4. The van der Waals surface area contributed by atoms with Crippen LogP contribution in [-0.2, 0) is 10.0 Å². The van der Waals surface area contributed by atoms with Gasteiger partial charge in [-0.3, -0.25) is 4.79 Å². The molecule has 1 unspecified atom stereocenters. The van der Waals surface area contributed by atoms with Crippen LogP contribution in [0.1, 0.15) is 50.4 Å². The van der Waals surface area contributed by atoms with Crippen LogP contribution in [0.4, 0.5) is 0 Å². The summed E-state index contributed by atoms with van der Waals surface area (Å²) in [4.78, 5) is 12.4. The maximum Gasteiger partial charge on any atom is 0.251 e. The lowest BCUT2D eigenvalue weighted by Gasteiger charge is -2.21. The van der Waals surface area contributed by atoms with Crippen LogP contribution in [0.2, 0.25) is 0 Å². The molecule has 0 bridgehead atoms. The summed E-state index contributed by atoms with van der Waals surface area (Å²) in [5.74, 6) is -0.234. The molecule has 1 aromatic carbocycles. The zero-order chi connectivity index (χ0) is 18.3. The molecule has 0 aliphatic rings. The Labute approximate surface area is 145 Å². The van der Waals surface area contributed by atoms with Gasteiger partial charge >= 0.3 is 0 Å². The fourth-order valence-corrected chi connectivity index (χ4v) is 3.56. The molecule has 0 fully saturated rings. The molecule has 0 heterocycles. The predicted molar refractivity (Wildman–Crippen MR) is 96.4 cm³/mol. The van der Waals surface area contributed by atoms with E-state index in [1.54, 1.807) is 7.05 Å². The zero-order valence-electron chi connectivity index (χ0n) is 15.0. The highest BCUT2D eigenvalue weighted by molar-refractivity contribution is 7.89. The Balaban J connectivity index is 2.85. The van der Waals surface area contributed by atoms with E-state index in [0.29, 0.717) is 12.1 Å². The molecule has 0 aliphatic heterocycles. The smallest absolute Gasteiger partial charge is 0.251 e. The average molecular weight is 356 g/mol. The summed E-state index contributed by atoms with van der Waals surface area (Å²) in [5.41, 5.74) is 6.11. The van der Waals surface area contributed by atoms with Crippen molar-refractivity contribution in [2.24, 2.45) is 5.73 Å². The van der Waals surface area contributed by atoms with Gasteiger partial charge in [0.15, 0.2) is 0 Å². The molecule has 1 amide bonds. The third kappa shape index (κ3) is 5.29. The van der Waals surface area contributed by atoms with Crippen molar-refractivity contribution in [2.75, 3.05) is 13.6 Å². The summed E-state index contributed by atoms with van der Waals surface area (Å²) < 4.78 is 26.1. The number of nitrogens with one attached hydrogen (secondary N) is 1. The number of benzene rings is 1. The quantitative estimate of drug-likeness (QED) is 0.708. The molecule has 1 aromatic rings. The van der Waals surface area contributed by atoms with Gasteiger partial charge in [0.05, 0.1) is 4.90 Å². The van der Waals surface area contributed by atoms with Gasteiger partial charge < -0.3 is 11.1 Å². The fourth-order valence-electron chi connectivity index (χ4n) is 2.19. The van der Waals surface area contributed by atoms with Crippen molar-refractivity contribution >= 4 is 15.9 Å². The number of carbonyl (C=O) groups is 1. The molecular formula is C17H29N3O3S. The Bertz CT molecular complexity index is 627. The van der Waals surface area contributed by atoms with Crippen molar-refractivity contribution in [3.8, 4) is 0 Å². The van der Waals surface area contributed by atoms with Crippen LogP contribution in [-0.4, -0.2) is 44.3 Å². The van der Waals surface area contributed by atoms with Gasteiger partial charge in [0.1, 0.15) is 0 Å². The van der Waals surface area contributed by atoms with Gasteiger partial charge in [0.2, 0.25) is 10.0 Å². The van der Waals surface area contributed by atoms with Crippen LogP contribution in [0, 0.1) is 0 Å². The van der Waals surface area contributed by atoms with Gasteiger partial charge in [-0.1, -0.05) is 19.8 Å². The Morgan fingerprint density at radius 2 is 1.83 bits per heavy atom. The second-order valence-electron chi connectivity index (χ2n) is 6.19. The van der Waals surface area contributed by atoms with Crippen LogP contribution >= 0.6 is 0 Å². The monoisotopic (exact) mass is 355 g/mol. The Hall–Kier alpha value is -1.44. The van der Waals surface area contributed by atoms with Crippen molar-refractivity contribution in [1.29, 1.82) is 0 Å². The summed E-state index contributed by atoms with van der Waals surface area (Å²) in [5, 5.41) is 2.89. The number of unbranched alkanes of at least 4 members (excludes halogenated alkanes) is 1. The topological polar surface area (TPSA) is 92.5 Å². The molecule has 3 N–H and O–H groups in total. The Morgan fingerprint density at radius 3 is 2.29 bits per heavy atom. The van der Waals surface area contributed by atoms with E-state index in [9.17, 15) is 13.2 Å². The first-order chi connectivity index (χ1) is 11.2. The molecule has 0 aromatic heterocycles. The number of hydrogen-bond acceptors (Lipinski definition) is 4. The first-order valence-corrected chi connectivity index (χ1v) is 9.77. The van der Waals surface area contributed by atoms with E-state index < -0.39 is 10.0 Å². The SMILES string of the molecule is CCCCC(CN)NC(=O)c1ccc(S(=O)(=O)N(C)C(C)C)cc1. The number of carbonyl (C=O) groups excluding carboxylic acids is 1. The van der Waals surface area contributed by atoms with E-state index in [1.165, 1.54) is 28.6 Å². The number of amides is 1. The van der Waals surface area contributed by atoms with Crippen molar-refractivity contribution < 1.29 is 13.2 Å². The molecule has 24 heavy (non-hydrogen) atoms. The highest BCUT2D eigenvalue weighted by atomic mass is 32.2. The Kier molecular flexibility index (Phi) is 7.86. The van der Waals surface area contributed by atoms with Gasteiger partial charge in [-0.15, -0.1) is 0 Å². The van der Waals surface area contributed by atoms with Gasteiger partial charge in [-0.25, -0.2) is 8.42 Å². The van der Waals surface area contributed by atoms with E-state index in [4.69, 9.17) is 5.73 Å². The van der Waals surface area contributed by atoms with Crippen LogP contribution < -0.4 is 11.1 Å². The van der Waals surface area contributed by atoms with E-state index in [2.05, 4.69) is 12.2 Å². The highest BCUT2D eigenvalue weighted by Crippen LogP contribution is 2.17. The molecule has 0 radical (unpaired) electrons. The first kappa shape index (κ1) is 20.6. The largest absolute Gasteiger partial charge is 0.348 e. The van der Waals surface area contributed by atoms with Gasteiger partial charge in [0, 0.05) is 31.2 Å². The van der Waals surface area contributed by atoms with E-state index >= 15 is 0 Å². The summed E-state index contributed by atoms with van der Waals surface area (Å²) >= 11 is 0. The van der Waals surface area contributed by atoms with Gasteiger partial charge in [-0.2, -0.15) is 4.31 Å². The maximum atomic E-state index is 12.4.